The maximum atomic E-state index is 13.1. The van der Waals surface area contributed by atoms with Crippen LogP contribution in [-0.4, -0.2) is 74.9 Å². The van der Waals surface area contributed by atoms with Gasteiger partial charge in [0.2, 0.25) is 10.0 Å². The van der Waals surface area contributed by atoms with Gasteiger partial charge in [0.1, 0.15) is 0 Å². The second-order valence-corrected chi connectivity index (χ2v) is 9.24. The normalized spacial score (nSPS) is 23.8. The largest absolute Gasteiger partial charge is 0.308 e. The zero-order valence-electron chi connectivity index (χ0n) is 15.8. The summed E-state index contributed by atoms with van der Waals surface area (Å²) in [6, 6.07) is 6.07. The number of likely N-dealkylation sites (N-methyl/N-ethyl adjacent to an activating group) is 1. The van der Waals surface area contributed by atoms with Crippen molar-refractivity contribution in [1.82, 2.24) is 14.1 Å². The van der Waals surface area contributed by atoms with E-state index in [-0.39, 0.29) is 12.1 Å². The van der Waals surface area contributed by atoms with Gasteiger partial charge in [-0.25, -0.2) is 8.42 Å². The summed E-state index contributed by atoms with van der Waals surface area (Å²) in [6.45, 7) is 11.1. The molecule has 1 aromatic carbocycles. The predicted octanol–water partition coefficient (Wildman–Crippen LogP) is 1.95. The summed E-state index contributed by atoms with van der Waals surface area (Å²) in [4.78, 5) is 5.02. The topological polar surface area (TPSA) is 43.9 Å². The SMILES string of the molecule is Cc1ccc(C)c(S(=O)(=O)N2CC(C)N(CCN(C)C)C(C)C2)c1. The van der Waals surface area contributed by atoms with Crippen molar-refractivity contribution in [2.45, 2.75) is 44.7 Å². The van der Waals surface area contributed by atoms with Gasteiger partial charge in [-0.3, -0.25) is 4.90 Å². The Balaban J connectivity index is 2.20. The zero-order chi connectivity index (χ0) is 18.1. The fourth-order valence-corrected chi connectivity index (χ4v) is 5.30. The molecule has 0 N–H and O–H groups in total. The lowest BCUT2D eigenvalue weighted by Crippen LogP contribution is -2.58. The fraction of sp³-hybridized carbons (Fsp3) is 0.667. The molecule has 5 nitrogen and oxygen atoms in total. The van der Waals surface area contributed by atoms with Crippen molar-refractivity contribution in [2.75, 3.05) is 40.3 Å². The molecular weight excluding hydrogens is 322 g/mol. The van der Waals surface area contributed by atoms with Crippen LogP contribution in [0.4, 0.5) is 0 Å². The van der Waals surface area contributed by atoms with Crippen molar-refractivity contribution in [3.63, 3.8) is 0 Å². The molecule has 136 valence electrons. The average molecular weight is 354 g/mol. The average Bonchev–Trinajstić information content (AvgIpc) is 2.48. The lowest BCUT2D eigenvalue weighted by molar-refractivity contribution is 0.0708. The van der Waals surface area contributed by atoms with E-state index in [0.29, 0.717) is 18.0 Å². The number of hydrogen-bond donors (Lipinski definition) is 0. The van der Waals surface area contributed by atoms with Crippen LogP contribution < -0.4 is 0 Å². The third kappa shape index (κ3) is 4.17. The van der Waals surface area contributed by atoms with E-state index in [9.17, 15) is 8.42 Å². The first-order chi connectivity index (χ1) is 11.1. The zero-order valence-corrected chi connectivity index (χ0v) is 16.6. The minimum Gasteiger partial charge on any atom is -0.308 e. The van der Waals surface area contributed by atoms with Gasteiger partial charge in [0.05, 0.1) is 4.90 Å². The Morgan fingerprint density at radius 1 is 1.12 bits per heavy atom. The van der Waals surface area contributed by atoms with Gasteiger partial charge in [0, 0.05) is 38.3 Å². The molecule has 2 unspecified atom stereocenters. The maximum Gasteiger partial charge on any atom is 0.243 e. The highest BCUT2D eigenvalue weighted by Gasteiger charge is 2.36. The maximum absolute atomic E-state index is 13.1. The van der Waals surface area contributed by atoms with Crippen molar-refractivity contribution < 1.29 is 8.42 Å². The van der Waals surface area contributed by atoms with Crippen LogP contribution in [0.2, 0.25) is 0 Å². The van der Waals surface area contributed by atoms with E-state index in [1.54, 1.807) is 10.4 Å². The van der Waals surface area contributed by atoms with Crippen molar-refractivity contribution in [2.24, 2.45) is 0 Å². The highest BCUT2D eigenvalue weighted by Crippen LogP contribution is 2.25. The number of aryl methyl sites for hydroxylation is 2. The van der Waals surface area contributed by atoms with Crippen LogP contribution in [0.25, 0.3) is 0 Å². The molecule has 0 saturated carbocycles. The first kappa shape index (κ1) is 19.4. The highest BCUT2D eigenvalue weighted by molar-refractivity contribution is 7.89. The molecule has 0 aromatic heterocycles. The molecule has 6 heteroatoms. The van der Waals surface area contributed by atoms with E-state index in [0.717, 1.165) is 24.2 Å². The third-order valence-corrected chi connectivity index (χ3v) is 6.81. The molecule has 1 fully saturated rings. The molecule has 24 heavy (non-hydrogen) atoms. The number of rotatable bonds is 5. The number of benzene rings is 1. The molecule has 0 amide bonds. The highest BCUT2D eigenvalue weighted by atomic mass is 32.2. The van der Waals surface area contributed by atoms with Crippen molar-refractivity contribution in [3.05, 3.63) is 29.3 Å². The molecule has 1 aromatic rings. The molecule has 2 atom stereocenters. The smallest absolute Gasteiger partial charge is 0.243 e. The third-order valence-electron chi connectivity index (χ3n) is 4.83. The Kier molecular flexibility index (Phi) is 6.07. The lowest BCUT2D eigenvalue weighted by atomic mass is 10.1. The molecule has 1 aliphatic rings. The first-order valence-electron chi connectivity index (χ1n) is 8.60. The Morgan fingerprint density at radius 2 is 1.71 bits per heavy atom. The standard InChI is InChI=1S/C18H31N3O2S/c1-14-7-8-15(2)18(11-14)24(22,23)20-12-16(3)21(17(4)13-20)10-9-19(5)6/h7-8,11,16-17H,9-10,12-13H2,1-6H3. The molecule has 0 spiro atoms. The second kappa shape index (κ2) is 7.52. The van der Waals surface area contributed by atoms with Gasteiger partial charge in [0.25, 0.3) is 0 Å². The van der Waals surface area contributed by atoms with Crippen LogP contribution in [0.15, 0.2) is 23.1 Å². The van der Waals surface area contributed by atoms with E-state index in [1.165, 1.54) is 0 Å². The fourth-order valence-electron chi connectivity index (χ4n) is 3.38. The van der Waals surface area contributed by atoms with Gasteiger partial charge in [-0.15, -0.1) is 0 Å². The van der Waals surface area contributed by atoms with Crippen LogP contribution in [0.5, 0.6) is 0 Å². The van der Waals surface area contributed by atoms with Crippen LogP contribution in [0.3, 0.4) is 0 Å². The van der Waals surface area contributed by atoms with Gasteiger partial charge < -0.3 is 4.90 Å². The first-order valence-corrected chi connectivity index (χ1v) is 10.0. The quantitative estimate of drug-likeness (QED) is 0.812. The number of sulfonamides is 1. The van der Waals surface area contributed by atoms with Crippen molar-refractivity contribution in [3.8, 4) is 0 Å². The van der Waals surface area contributed by atoms with Crippen molar-refractivity contribution >= 4 is 10.0 Å². The van der Waals surface area contributed by atoms with Gasteiger partial charge in [-0.2, -0.15) is 4.31 Å². The molecular formula is C18H31N3O2S. The summed E-state index contributed by atoms with van der Waals surface area (Å²) in [5, 5.41) is 0. The molecule has 0 bridgehead atoms. The van der Waals surface area contributed by atoms with E-state index in [1.807, 2.05) is 26.0 Å². The molecule has 1 saturated heterocycles. The molecule has 1 heterocycles. The number of nitrogens with zero attached hydrogens (tertiary/aromatic N) is 3. The van der Waals surface area contributed by atoms with Crippen molar-refractivity contribution in [1.29, 1.82) is 0 Å². The molecule has 0 radical (unpaired) electrons. The predicted molar refractivity (Wildman–Crippen MR) is 98.9 cm³/mol. The van der Waals surface area contributed by atoms with E-state index >= 15 is 0 Å². The second-order valence-electron chi connectivity index (χ2n) is 7.33. The summed E-state index contributed by atoms with van der Waals surface area (Å²) in [5.41, 5.74) is 1.79. The summed E-state index contributed by atoms with van der Waals surface area (Å²) in [5.74, 6) is 0. The minimum absolute atomic E-state index is 0.216. The van der Waals surface area contributed by atoms with E-state index in [2.05, 4.69) is 37.7 Å². The van der Waals surface area contributed by atoms with E-state index < -0.39 is 10.0 Å². The number of hydrogen-bond acceptors (Lipinski definition) is 4. The van der Waals surface area contributed by atoms with E-state index in [4.69, 9.17) is 0 Å². The Hall–Kier alpha value is -0.950. The Labute approximate surface area is 147 Å². The van der Waals surface area contributed by atoms with Crippen LogP contribution in [-0.2, 0) is 10.0 Å². The van der Waals surface area contributed by atoms with Crippen LogP contribution in [0.1, 0.15) is 25.0 Å². The molecule has 1 aliphatic heterocycles. The summed E-state index contributed by atoms with van der Waals surface area (Å²) in [6.07, 6.45) is 0. The Morgan fingerprint density at radius 3 is 2.25 bits per heavy atom. The number of piperazine rings is 1. The summed E-state index contributed by atoms with van der Waals surface area (Å²) >= 11 is 0. The van der Waals surface area contributed by atoms with Gasteiger partial charge in [-0.05, 0) is 59.0 Å². The summed E-state index contributed by atoms with van der Waals surface area (Å²) in [7, 11) is 0.693. The van der Waals surface area contributed by atoms with Crippen LogP contribution in [0, 0.1) is 13.8 Å². The summed E-state index contributed by atoms with van der Waals surface area (Å²) < 4.78 is 27.9. The van der Waals surface area contributed by atoms with Gasteiger partial charge in [-0.1, -0.05) is 12.1 Å². The van der Waals surface area contributed by atoms with Gasteiger partial charge in [0.15, 0.2) is 0 Å². The monoisotopic (exact) mass is 353 g/mol. The van der Waals surface area contributed by atoms with Gasteiger partial charge >= 0.3 is 0 Å². The molecule has 0 aliphatic carbocycles. The van der Waals surface area contributed by atoms with Crippen LogP contribution >= 0.6 is 0 Å². The molecule has 2 rings (SSSR count). The lowest BCUT2D eigenvalue weighted by Gasteiger charge is -2.44. The minimum atomic E-state index is -3.44. The Bertz CT molecular complexity index is 661.